The van der Waals surface area contributed by atoms with E-state index in [2.05, 4.69) is 26.3 Å². The summed E-state index contributed by atoms with van der Waals surface area (Å²) in [5, 5.41) is 0. The van der Waals surface area contributed by atoms with Gasteiger partial charge in [-0.1, -0.05) is 0 Å². The summed E-state index contributed by atoms with van der Waals surface area (Å²) >= 11 is -1.92. The maximum absolute atomic E-state index is 4.97. The second-order valence-electron chi connectivity index (χ2n) is 0.143. The SMILES string of the molecule is C=C.C=C.[Cl][Ir]([Cl])[Cl]. The van der Waals surface area contributed by atoms with Crippen molar-refractivity contribution in [3.63, 3.8) is 0 Å². The molecule has 4 heteroatoms. The molecule has 0 N–H and O–H groups in total. The van der Waals surface area contributed by atoms with E-state index in [4.69, 9.17) is 28.8 Å². The Kier molecular flexibility index (Phi) is 49.0. The van der Waals surface area contributed by atoms with Crippen LogP contribution in [-0.4, -0.2) is 0 Å². The molecule has 0 aliphatic carbocycles. The predicted octanol–water partition coefficient (Wildman–Crippen LogP) is 3.67. The Hall–Kier alpha value is 0.999. The van der Waals surface area contributed by atoms with Gasteiger partial charge in [0.05, 0.1) is 0 Å². The zero-order valence-corrected chi connectivity index (χ0v) is 8.96. The van der Waals surface area contributed by atoms with E-state index in [-0.39, 0.29) is 0 Å². The molecule has 0 saturated carbocycles. The van der Waals surface area contributed by atoms with Crippen LogP contribution in [0.2, 0.25) is 0 Å². The van der Waals surface area contributed by atoms with Crippen LogP contribution in [0.25, 0.3) is 0 Å². The monoisotopic (exact) mass is 354 g/mol. The molecule has 0 aliphatic rings. The van der Waals surface area contributed by atoms with Crippen LogP contribution < -0.4 is 0 Å². The molecule has 0 nitrogen and oxygen atoms in total. The number of rotatable bonds is 0. The topological polar surface area (TPSA) is 0 Å². The van der Waals surface area contributed by atoms with E-state index in [1.165, 1.54) is 0 Å². The summed E-state index contributed by atoms with van der Waals surface area (Å²) in [5.41, 5.74) is 0. The molecule has 0 aromatic rings. The molecule has 0 aromatic heterocycles. The van der Waals surface area contributed by atoms with Crippen molar-refractivity contribution in [2.24, 2.45) is 0 Å². The van der Waals surface area contributed by atoms with Crippen LogP contribution in [0.4, 0.5) is 0 Å². The van der Waals surface area contributed by atoms with E-state index in [9.17, 15) is 0 Å². The third-order valence-electron chi connectivity index (χ3n) is 0. The fraction of sp³-hybridized carbons (Fsp3) is 0. The van der Waals surface area contributed by atoms with Gasteiger partial charge in [0.1, 0.15) is 0 Å². The molecule has 0 aliphatic heterocycles. The van der Waals surface area contributed by atoms with Crippen LogP contribution >= 0.6 is 28.8 Å². The summed E-state index contributed by atoms with van der Waals surface area (Å²) in [6, 6.07) is 0. The zero-order chi connectivity index (χ0) is 7.58. The first-order valence-corrected chi connectivity index (χ1v) is 10.3. The van der Waals surface area contributed by atoms with Gasteiger partial charge in [0.25, 0.3) is 0 Å². The summed E-state index contributed by atoms with van der Waals surface area (Å²) in [6.07, 6.45) is 0. The second kappa shape index (κ2) is 24.5. The molecular formula is C4H8Cl3Ir. The molecule has 0 radical (unpaired) electrons. The van der Waals surface area contributed by atoms with Gasteiger partial charge in [-0.05, 0) is 0 Å². The van der Waals surface area contributed by atoms with Crippen molar-refractivity contribution in [2.45, 2.75) is 0 Å². The third kappa shape index (κ3) is 252. The van der Waals surface area contributed by atoms with E-state index >= 15 is 0 Å². The fourth-order valence-corrected chi connectivity index (χ4v) is 0. The molecule has 8 heavy (non-hydrogen) atoms. The van der Waals surface area contributed by atoms with Gasteiger partial charge in [0, 0.05) is 0 Å². The molecule has 0 bridgehead atoms. The van der Waals surface area contributed by atoms with Gasteiger partial charge < -0.3 is 0 Å². The summed E-state index contributed by atoms with van der Waals surface area (Å²) in [7, 11) is 14.9. The summed E-state index contributed by atoms with van der Waals surface area (Å²) in [4.78, 5) is 0. The van der Waals surface area contributed by atoms with Gasteiger partial charge in [-0.3, -0.25) is 0 Å². The molecule has 0 atom stereocenters. The van der Waals surface area contributed by atoms with Crippen molar-refractivity contribution in [2.75, 3.05) is 0 Å². The number of halogens is 3. The molecule has 0 rings (SSSR count). The molecule has 0 amide bonds. The average Bonchev–Trinajstić information content (AvgIpc) is 1.75. The normalized spacial score (nSPS) is 6.62. The first-order chi connectivity index (χ1) is 3.73. The van der Waals surface area contributed by atoms with Crippen LogP contribution in [0.5, 0.6) is 0 Å². The zero-order valence-electron chi connectivity index (χ0n) is 4.30. The van der Waals surface area contributed by atoms with Gasteiger partial charge in [-0.15, -0.1) is 26.3 Å². The van der Waals surface area contributed by atoms with E-state index in [1.807, 2.05) is 0 Å². The van der Waals surface area contributed by atoms with Crippen molar-refractivity contribution < 1.29 is 13.5 Å². The fourth-order valence-electron chi connectivity index (χ4n) is 0. The average molecular weight is 355 g/mol. The number of hydrogen-bond donors (Lipinski definition) is 0. The predicted molar refractivity (Wildman–Crippen MR) is 40.1 cm³/mol. The van der Waals surface area contributed by atoms with E-state index in [0.717, 1.165) is 0 Å². The quantitative estimate of drug-likeness (QED) is 0.582. The number of hydrogen-bond acceptors (Lipinski definition) is 0. The van der Waals surface area contributed by atoms with Crippen LogP contribution in [0.15, 0.2) is 26.3 Å². The Bertz CT molecular complexity index is 27.7. The van der Waals surface area contributed by atoms with Crippen LogP contribution in [0.3, 0.4) is 0 Å². The van der Waals surface area contributed by atoms with Crippen LogP contribution in [0.1, 0.15) is 0 Å². The Morgan fingerprint density at radius 2 is 0.750 bits per heavy atom. The summed E-state index contributed by atoms with van der Waals surface area (Å²) in [6.45, 7) is 12.0. The molecule has 0 spiro atoms. The molecule has 0 aromatic carbocycles. The Labute approximate surface area is 68.3 Å². The van der Waals surface area contributed by atoms with Crippen LogP contribution in [0, 0.1) is 0 Å². The van der Waals surface area contributed by atoms with E-state index in [1.54, 1.807) is 0 Å². The molecular weight excluding hydrogens is 347 g/mol. The molecule has 0 saturated heterocycles. The van der Waals surface area contributed by atoms with Crippen LogP contribution in [-0.2, 0) is 13.5 Å². The maximum atomic E-state index is 4.97. The van der Waals surface area contributed by atoms with Gasteiger partial charge in [-0.25, -0.2) is 0 Å². The molecule has 0 fully saturated rings. The minimum atomic E-state index is -1.92. The first-order valence-electron chi connectivity index (χ1n) is 1.38. The van der Waals surface area contributed by atoms with Gasteiger partial charge in [0.15, 0.2) is 0 Å². The Balaban J connectivity index is -0.0000000542. The minimum absolute atomic E-state index is 1.92. The van der Waals surface area contributed by atoms with E-state index < -0.39 is 13.5 Å². The first kappa shape index (κ1) is 16.0. The van der Waals surface area contributed by atoms with Crippen molar-refractivity contribution >= 4 is 28.8 Å². The Morgan fingerprint density at radius 3 is 0.750 bits per heavy atom. The van der Waals surface area contributed by atoms with Crippen molar-refractivity contribution in [1.29, 1.82) is 0 Å². The Morgan fingerprint density at radius 1 is 0.750 bits per heavy atom. The third-order valence-corrected chi connectivity index (χ3v) is 0. The van der Waals surface area contributed by atoms with Crippen molar-refractivity contribution in [3.8, 4) is 0 Å². The van der Waals surface area contributed by atoms with Gasteiger partial charge in [-0.2, -0.15) is 0 Å². The summed E-state index contributed by atoms with van der Waals surface area (Å²) in [5.74, 6) is 0. The van der Waals surface area contributed by atoms with Gasteiger partial charge >= 0.3 is 42.2 Å². The van der Waals surface area contributed by atoms with E-state index in [0.29, 0.717) is 0 Å². The summed E-state index contributed by atoms with van der Waals surface area (Å²) < 4.78 is 0. The molecule has 0 unspecified atom stereocenters. The molecule has 0 heterocycles. The second-order valence-corrected chi connectivity index (χ2v) is 10.5. The van der Waals surface area contributed by atoms with Crippen molar-refractivity contribution in [1.82, 2.24) is 0 Å². The molecule has 54 valence electrons. The van der Waals surface area contributed by atoms with Crippen molar-refractivity contribution in [3.05, 3.63) is 26.3 Å². The standard InChI is InChI=1S/2C2H4.3ClH.Ir/c2*1-2;;;;/h2*1-2H2;3*1H;/q;;;;;+3/p-3. The van der Waals surface area contributed by atoms with Gasteiger partial charge in [0.2, 0.25) is 0 Å².